The van der Waals surface area contributed by atoms with Gasteiger partial charge in [-0.15, -0.1) is 0 Å². The number of methoxy groups -OCH3 is 2. The number of aryl methyl sites for hydroxylation is 1. The van der Waals surface area contributed by atoms with Crippen molar-refractivity contribution in [1.29, 1.82) is 0 Å². The number of carbonyl (C=O) groups is 1. The van der Waals surface area contributed by atoms with Crippen molar-refractivity contribution in [1.82, 2.24) is 10.2 Å². The van der Waals surface area contributed by atoms with Gasteiger partial charge >= 0.3 is 0 Å². The molecule has 172 valence electrons. The van der Waals surface area contributed by atoms with Crippen molar-refractivity contribution < 1.29 is 14.3 Å². The van der Waals surface area contributed by atoms with Gasteiger partial charge in [0.1, 0.15) is 11.5 Å². The van der Waals surface area contributed by atoms with Crippen molar-refractivity contribution in [2.75, 3.05) is 19.5 Å². The monoisotopic (exact) mass is 447 g/mol. The van der Waals surface area contributed by atoms with Gasteiger partial charge in [0, 0.05) is 24.1 Å². The van der Waals surface area contributed by atoms with Crippen LogP contribution in [0.15, 0.2) is 47.3 Å². The highest BCUT2D eigenvalue weighted by Crippen LogP contribution is 2.26. The van der Waals surface area contributed by atoms with Crippen LogP contribution in [-0.2, 0) is 30.5 Å². The summed E-state index contributed by atoms with van der Waals surface area (Å²) in [5.74, 6) is 1.40. The van der Waals surface area contributed by atoms with E-state index in [1.807, 2.05) is 42.5 Å². The number of hydrogen-bond donors (Lipinski definition) is 2. The Morgan fingerprint density at radius 2 is 1.88 bits per heavy atom. The molecule has 0 fully saturated rings. The van der Waals surface area contributed by atoms with E-state index in [4.69, 9.17) is 9.47 Å². The third-order valence-corrected chi connectivity index (χ3v) is 6.07. The Morgan fingerprint density at radius 3 is 2.67 bits per heavy atom. The number of carbonyl (C=O) groups excluding carboxylic acids is 1. The van der Waals surface area contributed by atoms with Crippen LogP contribution < -0.4 is 20.3 Å². The van der Waals surface area contributed by atoms with Crippen LogP contribution in [0.3, 0.4) is 0 Å². The quantitative estimate of drug-likeness (QED) is 0.547. The Labute approximate surface area is 193 Å². The van der Waals surface area contributed by atoms with Crippen LogP contribution >= 0.6 is 0 Å². The molecule has 7 nitrogen and oxygen atoms in total. The zero-order chi connectivity index (χ0) is 23.2. The molecule has 0 atom stereocenters. The largest absolute Gasteiger partial charge is 0.497 e. The van der Waals surface area contributed by atoms with Gasteiger partial charge in [0.25, 0.3) is 5.56 Å². The standard InChI is InChI=1S/C26H29N3O4/c1-32-20-11-12-24(33-2)18(16-20)10-13-25(30)27-19-7-5-6-17(14-19)15-23-21-8-3-4-9-22(21)26(31)29-28-23/h5-7,11-12,14,16H,3-4,8-10,13,15H2,1-2H3,(H,27,30)(H,29,31). The van der Waals surface area contributed by atoms with E-state index < -0.39 is 0 Å². The van der Waals surface area contributed by atoms with Crippen molar-refractivity contribution in [2.24, 2.45) is 0 Å². The number of hydrogen-bond acceptors (Lipinski definition) is 5. The number of rotatable bonds is 8. The fourth-order valence-corrected chi connectivity index (χ4v) is 4.38. The van der Waals surface area contributed by atoms with Gasteiger partial charge in [-0.05, 0) is 79.1 Å². The number of amides is 1. The summed E-state index contributed by atoms with van der Waals surface area (Å²) in [6.07, 6.45) is 5.31. The molecule has 0 saturated carbocycles. The Hall–Kier alpha value is -3.61. The van der Waals surface area contributed by atoms with Gasteiger partial charge < -0.3 is 14.8 Å². The van der Waals surface area contributed by atoms with Gasteiger partial charge in [-0.3, -0.25) is 9.59 Å². The zero-order valence-corrected chi connectivity index (χ0v) is 19.1. The second kappa shape index (κ2) is 10.3. The number of aromatic nitrogens is 2. The van der Waals surface area contributed by atoms with E-state index in [0.717, 1.165) is 70.8 Å². The number of benzene rings is 2. The van der Waals surface area contributed by atoms with Gasteiger partial charge in [0.05, 0.1) is 19.9 Å². The van der Waals surface area contributed by atoms with Gasteiger partial charge in [-0.1, -0.05) is 12.1 Å². The Morgan fingerprint density at radius 1 is 1.06 bits per heavy atom. The zero-order valence-electron chi connectivity index (χ0n) is 19.1. The van der Waals surface area contributed by atoms with E-state index in [9.17, 15) is 9.59 Å². The Bertz CT molecular complexity index is 1200. The SMILES string of the molecule is COc1ccc(OC)c(CCC(=O)Nc2cccc(Cc3n[nH]c(=O)c4c3CCCC4)c2)c1. The lowest BCUT2D eigenvalue weighted by Gasteiger charge is -2.17. The number of fused-ring (bicyclic) bond motifs is 1. The molecule has 0 spiro atoms. The summed E-state index contributed by atoms with van der Waals surface area (Å²) in [4.78, 5) is 24.7. The van der Waals surface area contributed by atoms with Gasteiger partial charge in [-0.25, -0.2) is 5.10 Å². The molecule has 3 aromatic rings. The number of ether oxygens (including phenoxy) is 2. The molecule has 1 amide bonds. The molecule has 1 aliphatic carbocycles. The summed E-state index contributed by atoms with van der Waals surface area (Å²) in [5.41, 5.74) is 5.52. The predicted octanol–water partition coefficient (Wildman–Crippen LogP) is 3.83. The van der Waals surface area contributed by atoms with E-state index in [-0.39, 0.29) is 11.5 Å². The minimum Gasteiger partial charge on any atom is -0.497 e. The molecule has 2 N–H and O–H groups in total. The maximum absolute atomic E-state index is 12.6. The number of aromatic amines is 1. The smallest absolute Gasteiger partial charge is 0.267 e. The topological polar surface area (TPSA) is 93.3 Å². The first-order valence-corrected chi connectivity index (χ1v) is 11.3. The fourth-order valence-electron chi connectivity index (χ4n) is 4.38. The lowest BCUT2D eigenvalue weighted by atomic mass is 9.90. The first-order valence-electron chi connectivity index (χ1n) is 11.3. The Balaban J connectivity index is 1.42. The fraction of sp³-hybridized carbons (Fsp3) is 0.346. The summed E-state index contributed by atoms with van der Waals surface area (Å²) in [5, 5.41) is 9.96. The van der Waals surface area contributed by atoms with E-state index in [2.05, 4.69) is 15.5 Å². The van der Waals surface area contributed by atoms with Crippen LogP contribution in [-0.4, -0.2) is 30.3 Å². The van der Waals surface area contributed by atoms with Crippen LogP contribution in [0, 0.1) is 0 Å². The first-order chi connectivity index (χ1) is 16.1. The molecular formula is C26H29N3O4. The van der Waals surface area contributed by atoms with Crippen molar-refractivity contribution in [3.63, 3.8) is 0 Å². The van der Waals surface area contributed by atoms with Crippen LogP contribution in [0.5, 0.6) is 11.5 Å². The van der Waals surface area contributed by atoms with Crippen LogP contribution in [0.25, 0.3) is 0 Å². The summed E-state index contributed by atoms with van der Waals surface area (Å²) >= 11 is 0. The van der Waals surface area contributed by atoms with Crippen LogP contribution in [0.1, 0.15) is 47.2 Å². The van der Waals surface area contributed by atoms with E-state index in [0.29, 0.717) is 19.3 Å². The number of nitrogens with zero attached hydrogens (tertiary/aromatic N) is 1. The van der Waals surface area contributed by atoms with E-state index in [1.165, 1.54) is 0 Å². The van der Waals surface area contributed by atoms with E-state index >= 15 is 0 Å². The minimum absolute atomic E-state index is 0.0675. The van der Waals surface area contributed by atoms with Gasteiger partial charge in [0.2, 0.25) is 5.91 Å². The molecule has 2 aromatic carbocycles. The third kappa shape index (κ3) is 5.42. The molecule has 1 aromatic heterocycles. The van der Waals surface area contributed by atoms with Gasteiger partial charge in [-0.2, -0.15) is 5.10 Å². The summed E-state index contributed by atoms with van der Waals surface area (Å²) in [6, 6.07) is 13.4. The molecule has 0 unspecified atom stereocenters. The second-order valence-corrected chi connectivity index (χ2v) is 8.27. The van der Waals surface area contributed by atoms with Crippen molar-refractivity contribution >= 4 is 11.6 Å². The molecule has 0 radical (unpaired) electrons. The predicted molar refractivity (Wildman–Crippen MR) is 127 cm³/mol. The summed E-state index contributed by atoms with van der Waals surface area (Å²) in [6.45, 7) is 0. The lowest BCUT2D eigenvalue weighted by Crippen LogP contribution is -2.23. The maximum atomic E-state index is 12.6. The summed E-state index contributed by atoms with van der Waals surface area (Å²) < 4.78 is 10.7. The molecule has 0 saturated heterocycles. The number of nitrogens with one attached hydrogen (secondary N) is 2. The average Bonchev–Trinajstić information content (AvgIpc) is 2.84. The summed E-state index contributed by atoms with van der Waals surface area (Å²) in [7, 11) is 3.23. The third-order valence-electron chi connectivity index (χ3n) is 6.07. The normalized spacial score (nSPS) is 12.7. The van der Waals surface area contributed by atoms with Crippen molar-refractivity contribution in [2.45, 2.75) is 44.9 Å². The highest BCUT2D eigenvalue weighted by atomic mass is 16.5. The lowest BCUT2D eigenvalue weighted by molar-refractivity contribution is -0.116. The molecule has 4 rings (SSSR count). The maximum Gasteiger partial charge on any atom is 0.267 e. The minimum atomic E-state index is -0.0726. The molecule has 0 aliphatic heterocycles. The molecule has 1 heterocycles. The van der Waals surface area contributed by atoms with Gasteiger partial charge in [0.15, 0.2) is 0 Å². The van der Waals surface area contributed by atoms with Crippen molar-refractivity contribution in [3.05, 3.63) is 80.8 Å². The van der Waals surface area contributed by atoms with Crippen molar-refractivity contribution in [3.8, 4) is 11.5 Å². The highest BCUT2D eigenvalue weighted by molar-refractivity contribution is 5.91. The number of H-pyrrole nitrogens is 1. The van der Waals surface area contributed by atoms with Crippen LogP contribution in [0.4, 0.5) is 5.69 Å². The molecular weight excluding hydrogens is 418 g/mol. The highest BCUT2D eigenvalue weighted by Gasteiger charge is 2.18. The van der Waals surface area contributed by atoms with E-state index in [1.54, 1.807) is 14.2 Å². The van der Waals surface area contributed by atoms with Crippen LogP contribution in [0.2, 0.25) is 0 Å². The molecule has 1 aliphatic rings. The first kappa shape index (κ1) is 22.6. The number of anilines is 1. The second-order valence-electron chi connectivity index (χ2n) is 8.27. The molecule has 7 heteroatoms. The molecule has 0 bridgehead atoms. The average molecular weight is 448 g/mol. The Kier molecular flexibility index (Phi) is 7.07. The molecule has 33 heavy (non-hydrogen) atoms.